The first-order valence-corrected chi connectivity index (χ1v) is 7.31. The van der Waals surface area contributed by atoms with Crippen molar-refractivity contribution >= 4 is 11.6 Å². The molecule has 0 aromatic heterocycles. The van der Waals surface area contributed by atoms with Crippen molar-refractivity contribution in [1.29, 1.82) is 0 Å². The fourth-order valence-corrected chi connectivity index (χ4v) is 2.02. The Balaban J connectivity index is 2.13. The van der Waals surface area contributed by atoms with Crippen molar-refractivity contribution in [2.24, 2.45) is 10.2 Å². The number of Topliss-reactive ketones (excluding diaryl/α,β-unsaturated/α-hetero) is 2. The summed E-state index contributed by atoms with van der Waals surface area (Å²) in [6.07, 6.45) is -2.26. The molecule has 0 aliphatic carbocycles. The molecular weight excluding hydrogens is 308 g/mol. The zero-order valence-electron chi connectivity index (χ0n) is 13.5. The summed E-state index contributed by atoms with van der Waals surface area (Å²) in [6.45, 7) is 0. The minimum absolute atomic E-state index is 0.344. The van der Waals surface area contributed by atoms with Crippen molar-refractivity contribution in [1.82, 2.24) is 0 Å². The van der Waals surface area contributed by atoms with Gasteiger partial charge in [0.15, 0.2) is 0 Å². The van der Waals surface area contributed by atoms with Gasteiger partial charge in [-0.05, 0) is 0 Å². The van der Waals surface area contributed by atoms with Gasteiger partial charge in [0.25, 0.3) is 0 Å². The Morgan fingerprint density at radius 3 is 1.33 bits per heavy atom. The molecule has 6 heteroatoms. The molecule has 2 atom stereocenters. The highest BCUT2D eigenvalue weighted by molar-refractivity contribution is 6.00. The van der Waals surface area contributed by atoms with Gasteiger partial charge >= 0.3 is 0 Å². The monoisotopic (exact) mass is 326 g/mol. The normalized spacial score (nSPS) is 13.6. The van der Waals surface area contributed by atoms with Crippen molar-refractivity contribution in [2.45, 2.75) is 12.5 Å². The van der Waals surface area contributed by atoms with E-state index in [0.717, 1.165) is 0 Å². The van der Waals surface area contributed by atoms with Crippen molar-refractivity contribution in [2.75, 3.05) is 14.2 Å². The highest BCUT2D eigenvalue weighted by Crippen LogP contribution is 2.11. The van der Waals surface area contributed by atoms with Crippen molar-refractivity contribution in [3.05, 3.63) is 71.8 Å². The summed E-state index contributed by atoms with van der Waals surface area (Å²) in [5, 5.41) is 7.69. The Labute approximate surface area is 140 Å². The third-order valence-corrected chi connectivity index (χ3v) is 3.29. The lowest BCUT2D eigenvalue weighted by atomic mass is 10.1. The van der Waals surface area contributed by atoms with E-state index in [0.29, 0.717) is 11.1 Å². The number of carbonyl (C=O) groups is 2. The van der Waals surface area contributed by atoms with E-state index in [2.05, 4.69) is 10.2 Å². The molecule has 0 aliphatic rings. The van der Waals surface area contributed by atoms with Crippen LogP contribution in [0, 0.1) is 0 Å². The summed E-state index contributed by atoms with van der Waals surface area (Å²) >= 11 is 0. The zero-order valence-corrected chi connectivity index (χ0v) is 13.5. The Morgan fingerprint density at radius 2 is 1.04 bits per heavy atom. The number of azo groups is 1. The van der Waals surface area contributed by atoms with Crippen LogP contribution in [-0.4, -0.2) is 38.2 Å². The number of hydrogen-bond donors (Lipinski definition) is 0. The van der Waals surface area contributed by atoms with E-state index in [4.69, 9.17) is 9.47 Å². The molecule has 2 unspecified atom stereocenters. The second kappa shape index (κ2) is 8.81. The molecule has 2 aromatic rings. The smallest absolute Gasteiger partial charge is 0.232 e. The van der Waals surface area contributed by atoms with Gasteiger partial charge in [0.2, 0.25) is 24.0 Å². The van der Waals surface area contributed by atoms with Crippen LogP contribution in [0.15, 0.2) is 70.9 Å². The third-order valence-electron chi connectivity index (χ3n) is 3.29. The van der Waals surface area contributed by atoms with Gasteiger partial charge in [-0.2, -0.15) is 0 Å². The molecule has 0 saturated heterocycles. The molecule has 0 spiro atoms. The molecule has 6 nitrogen and oxygen atoms in total. The van der Waals surface area contributed by atoms with Crippen molar-refractivity contribution in [3.8, 4) is 0 Å². The van der Waals surface area contributed by atoms with E-state index in [1.807, 2.05) is 0 Å². The highest BCUT2D eigenvalue weighted by atomic mass is 16.5. The minimum Gasteiger partial charge on any atom is -0.351 e. The van der Waals surface area contributed by atoms with Crippen molar-refractivity contribution in [3.63, 3.8) is 0 Å². The maximum absolute atomic E-state index is 12.3. The van der Waals surface area contributed by atoms with E-state index >= 15 is 0 Å². The average molecular weight is 326 g/mol. The Hall–Kier alpha value is -2.70. The maximum atomic E-state index is 12.3. The molecule has 24 heavy (non-hydrogen) atoms. The molecular formula is C18H18N2O4. The Bertz CT molecular complexity index is 640. The molecule has 0 amide bonds. The third kappa shape index (κ3) is 4.41. The van der Waals surface area contributed by atoms with Gasteiger partial charge in [0.1, 0.15) is 0 Å². The van der Waals surface area contributed by atoms with Crippen LogP contribution >= 0.6 is 0 Å². The summed E-state index contributed by atoms with van der Waals surface area (Å²) in [7, 11) is 2.71. The van der Waals surface area contributed by atoms with E-state index in [-0.39, 0.29) is 11.6 Å². The fraction of sp³-hybridized carbons (Fsp3) is 0.222. The standard InChI is InChI=1S/C18H18N2O4/c1-23-17(15(21)13-9-5-3-6-10-13)19-20-18(24-2)16(22)14-11-7-4-8-12-14/h3-12,17-18H,1-2H3. The first kappa shape index (κ1) is 17.7. The van der Waals surface area contributed by atoms with Crippen LogP contribution in [-0.2, 0) is 9.47 Å². The number of ether oxygens (including phenoxy) is 2. The molecule has 0 bridgehead atoms. The van der Waals surface area contributed by atoms with E-state index in [1.165, 1.54) is 14.2 Å². The van der Waals surface area contributed by atoms with Crippen LogP contribution < -0.4 is 0 Å². The fourth-order valence-electron chi connectivity index (χ4n) is 2.02. The predicted octanol–water partition coefficient (Wildman–Crippen LogP) is 3.15. The number of rotatable bonds is 8. The van der Waals surface area contributed by atoms with Gasteiger partial charge in [0.05, 0.1) is 0 Å². The van der Waals surface area contributed by atoms with Gasteiger partial charge in [-0.1, -0.05) is 60.7 Å². The topological polar surface area (TPSA) is 77.3 Å². The molecule has 0 radical (unpaired) electrons. The molecule has 0 fully saturated rings. The lowest BCUT2D eigenvalue weighted by Gasteiger charge is -2.11. The second-order valence-corrected chi connectivity index (χ2v) is 4.87. The first-order chi connectivity index (χ1) is 11.7. The number of carbonyl (C=O) groups excluding carboxylic acids is 2. The summed E-state index contributed by atoms with van der Waals surface area (Å²) in [4.78, 5) is 24.6. The number of hydrogen-bond acceptors (Lipinski definition) is 6. The second-order valence-electron chi connectivity index (χ2n) is 4.87. The van der Waals surface area contributed by atoms with Crippen LogP contribution in [0.1, 0.15) is 20.7 Å². The molecule has 0 saturated carbocycles. The van der Waals surface area contributed by atoms with Gasteiger partial charge in [-0.15, -0.1) is 10.2 Å². The molecule has 0 aliphatic heterocycles. The summed E-state index contributed by atoms with van der Waals surface area (Å²) in [5.74, 6) is -0.687. The van der Waals surface area contributed by atoms with Crippen LogP contribution in [0.2, 0.25) is 0 Å². The van der Waals surface area contributed by atoms with Crippen molar-refractivity contribution < 1.29 is 19.1 Å². The number of methoxy groups -OCH3 is 2. The minimum atomic E-state index is -1.13. The summed E-state index contributed by atoms with van der Waals surface area (Å²) in [5.41, 5.74) is 0.901. The Kier molecular flexibility index (Phi) is 6.48. The summed E-state index contributed by atoms with van der Waals surface area (Å²) in [6, 6.07) is 17.2. The SMILES string of the molecule is COC(N=NC(OC)C(=O)c1ccccc1)C(=O)c1ccccc1. The van der Waals surface area contributed by atoms with Crippen LogP contribution in [0.25, 0.3) is 0 Å². The van der Waals surface area contributed by atoms with Crippen LogP contribution in [0.5, 0.6) is 0 Å². The number of ketones is 2. The van der Waals surface area contributed by atoms with Crippen LogP contribution in [0.3, 0.4) is 0 Å². The van der Waals surface area contributed by atoms with Crippen LogP contribution in [0.4, 0.5) is 0 Å². The maximum Gasteiger partial charge on any atom is 0.232 e. The lowest BCUT2D eigenvalue weighted by Crippen LogP contribution is -2.24. The number of nitrogens with zero attached hydrogens (tertiary/aromatic N) is 2. The zero-order chi connectivity index (χ0) is 17.4. The first-order valence-electron chi connectivity index (χ1n) is 7.31. The molecule has 2 aromatic carbocycles. The molecule has 0 heterocycles. The molecule has 124 valence electrons. The predicted molar refractivity (Wildman–Crippen MR) is 88.0 cm³/mol. The van der Waals surface area contributed by atoms with Gasteiger partial charge in [0, 0.05) is 25.3 Å². The van der Waals surface area contributed by atoms with Gasteiger partial charge in [-0.3, -0.25) is 9.59 Å². The Morgan fingerprint density at radius 1 is 0.708 bits per heavy atom. The number of benzene rings is 2. The van der Waals surface area contributed by atoms with E-state index < -0.39 is 12.5 Å². The average Bonchev–Trinajstić information content (AvgIpc) is 2.66. The van der Waals surface area contributed by atoms with Gasteiger partial charge < -0.3 is 9.47 Å². The molecule has 2 rings (SSSR count). The molecule has 0 N–H and O–H groups in total. The largest absolute Gasteiger partial charge is 0.351 e. The van der Waals surface area contributed by atoms with E-state index in [9.17, 15) is 9.59 Å². The van der Waals surface area contributed by atoms with Gasteiger partial charge in [-0.25, -0.2) is 0 Å². The summed E-state index contributed by atoms with van der Waals surface area (Å²) < 4.78 is 10.1. The quantitative estimate of drug-likeness (QED) is 0.551. The van der Waals surface area contributed by atoms with E-state index in [1.54, 1.807) is 60.7 Å². The lowest BCUT2D eigenvalue weighted by molar-refractivity contribution is 0.0495. The highest BCUT2D eigenvalue weighted by Gasteiger charge is 2.22.